The monoisotopic (exact) mass is 249 g/mol. The Labute approximate surface area is 107 Å². The zero-order chi connectivity index (χ0) is 12.5. The van der Waals surface area contributed by atoms with E-state index < -0.39 is 0 Å². The van der Waals surface area contributed by atoms with Gasteiger partial charge in [0.1, 0.15) is 0 Å². The number of hydrogen-bond donors (Lipinski definition) is 2. The molecule has 98 valence electrons. The molecule has 18 heavy (non-hydrogen) atoms. The van der Waals surface area contributed by atoms with Crippen molar-refractivity contribution in [1.29, 1.82) is 0 Å². The van der Waals surface area contributed by atoms with Crippen molar-refractivity contribution in [2.24, 2.45) is 11.7 Å². The fraction of sp³-hybridized carbons (Fsp3) is 0.615. The highest BCUT2D eigenvalue weighted by Crippen LogP contribution is 2.40. The van der Waals surface area contributed by atoms with Gasteiger partial charge in [0.25, 0.3) is 0 Å². The van der Waals surface area contributed by atoms with E-state index in [1.165, 1.54) is 0 Å². The van der Waals surface area contributed by atoms with Crippen molar-refractivity contribution >= 4 is 5.82 Å². The van der Waals surface area contributed by atoms with Gasteiger partial charge in [0.2, 0.25) is 0 Å². The molecule has 0 aromatic carbocycles. The van der Waals surface area contributed by atoms with Gasteiger partial charge in [0.15, 0.2) is 11.6 Å². The zero-order valence-corrected chi connectivity index (χ0v) is 10.5. The van der Waals surface area contributed by atoms with E-state index in [0.29, 0.717) is 12.5 Å². The highest BCUT2D eigenvalue weighted by Gasteiger charge is 2.52. The van der Waals surface area contributed by atoms with Gasteiger partial charge >= 0.3 is 0 Å². The molecule has 4 unspecified atom stereocenters. The molecule has 5 heteroatoms. The summed E-state index contributed by atoms with van der Waals surface area (Å²) in [6, 6.07) is 4.07. The van der Waals surface area contributed by atoms with Gasteiger partial charge in [0, 0.05) is 24.8 Å². The van der Waals surface area contributed by atoms with E-state index in [1.807, 2.05) is 19.1 Å². The van der Waals surface area contributed by atoms with Crippen molar-refractivity contribution in [1.82, 2.24) is 4.98 Å². The summed E-state index contributed by atoms with van der Waals surface area (Å²) in [5, 5.41) is 3.37. The Kier molecular flexibility index (Phi) is 3.09. The van der Waals surface area contributed by atoms with Crippen LogP contribution in [0.2, 0.25) is 0 Å². The number of ether oxygens (including phenoxy) is 2. The molecule has 0 radical (unpaired) electrons. The second-order valence-electron chi connectivity index (χ2n) is 4.82. The molecule has 1 aliphatic heterocycles. The lowest BCUT2D eigenvalue weighted by atomic mass is 9.72. The molecule has 1 aromatic rings. The summed E-state index contributed by atoms with van der Waals surface area (Å²) in [4.78, 5) is 4.32. The summed E-state index contributed by atoms with van der Waals surface area (Å²) in [6.07, 6.45) is 3.06. The van der Waals surface area contributed by atoms with E-state index in [1.54, 1.807) is 6.20 Å². The molecule has 1 aliphatic carbocycles. The van der Waals surface area contributed by atoms with Crippen molar-refractivity contribution < 1.29 is 9.47 Å². The minimum Gasteiger partial charge on any atom is -0.490 e. The van der Waals surface area contributed by atoms with E-state index in [4.69, 9.17) is 15.2 Å². The van der Waals surface area contributed by atoms with Crippen LogP contribution >= 0.6 is 0 Å². The van der Waals surface area contributed by atoms with E-state index in [0.717, 1.165) is 24.6 Å². The van der Waals surface area contributed by atoms with Crippen molar-refractivity contribution in [2.75, 3.05) is 18.5 Å². The standard InChI is InChI=1S/C13H19N3O2/c1-2-17-9-4-3-6-15-13(9)16-11-10(14)8-5-7-18-12(8)11/h3-4,6,8,10-12H,2,5,7,14H2,1H3,(H,15,16). The van der Waals surface area contributed by atoms with Gasteiger partial charge in [-0.25, -0.2) is 4.98 Å². The van der Waals surface area contributed by atoms with E-state index in [2.05, 4.69) is 10.3 Å². The second-order valence-corrected chi connectivity index (χ2v) is 4.82. The second kappa shape index (κ2) is 4.74. The van der Waals surface area contributed by atoms with Gasteiger partial charge in [0.05, 0.1) is 18.8 Å². The van der Waals surface area contributed by atoms with E-state index in [-0.39, 0.29) is 18.2 Å². The van der Waals surface area contributed by atoms with Gasteiger partial charge < -0.3 is 20.5 Å². The molecule has 1 aromatic heterocycles. The SMILES string of the molecule is CCOc1cccnc1NC1C(N)C2CCOC21. The highest BCUT2D eigenvalue weighted by atomic mass is 16.5. The summed E-state index contributed by atoms with van der Waals surface area (Å²) in [5.41, 5.74) is 6.17. The first-order valence-electron chi connectivity index (χ1n) is 6.53. The first-order valence-corrected chi connectivity index (χ1v) is 6.53. The van der Waals surface area contributed by atoms with Crippen LogP contribution < -0.4 is 15.8 Å². The molecule has 3 rings (SSSR count). The molecular weight excluding hydrogens is 230 g/mol. The van der Waals surface area contributed by atoms with Crippen LogP contribution in [-0.2, 0) is 4.74 Å². The molecule has 2 heterocycles. The highest BCUT2D eigenvalue weighted by molar-refractivity contribution is 5.51. The molecule has 0 bridgehead atoms. The van der Waals surface area contributed by atoms with Gasteiger partial charge in [-0.05, 0) is 25.5 Å². The van der Waals surface area contributed by atoms with Crippen LogP contribution in [0.15, 0.2) is 18.3 Å². The molecule has 1 saturated heterocycles. The largest absolute Gasteiger partial charge is 0.490 e. The molecule has 3 N–H and O–H groups in total. The average molecular weight is 249 g/mol. The Morgan fingerprint density at radius 1 is 1.61 bits per heavy atom. The molecule has 2 fully saturated rings. The molecule has 2 aliphatic rings. The van der Waals surface area contributed by atoms with Crippen molar-refractivity contribution in [3.8, 4) is 5.75 Å². The van der Waals surface area contributed by atoms with E-state index in [9.17, 15) is 0 Å². The first-order chi connectivity index (χ1) is 8.81. The van der Waals surface area contributed by atoms with Gasteiger partial charge in [-0.15, -0.1) is 0 Å². The van der Waals surface area contributed by atoms with Crippen LogP contribution in [0.5, 0.6) is 5.75 Å². The number of nitrogens with two attached hydrogens (primary N) is 1. The van der Waals surface area contributed by atoms with E-state index >= 15 is 0 Å². The number of fused-ring (bicyclic) bond motifs is 1. The normalized spacial score (nSPS) is 33.7. The molecule has 0 amide bonds. The third kappa shape index (κ3) is 1.83. The summed E-state index contributed by atoms with van der Waals surface area (Å²) >= 11 is 0. The van der Waals surface area contributed by atoms with Gasteiger partial charge in [-0.3, -0.25) is 0 Å². The van der Waals surface area contributed by atoms with Crippen LogP contribution in [0, 0.1) is 5.92 Å². The van der Waals surface area contributed by atoms with Gasteiger partial charge in [-0.1, -0.05) is 0 Å². The smallest absolute Gasteiger partial charge is 0.169 e. The number of rotatable bonds is 4. The van der Waals surface area contributed by atoms with Crippen LogP contribution in [0.4, 0.5) is 5.82 Å². The lowest BCUT2D eigenvalue weighted by Gasteiger charge is -2.45. The summed E-state index contributed by atoms with van der Waals surface area (Å²) in [7, 11) is 0. The maximum Gasteiger partial charge on any atom is 0.169 e. The predicted molar refractivity (Wildman–Crippen MR) is 68.6 cm³/mol. The Morgan fingerprint density at radius 2 is 2.50 bits per heavy atom. The molecule has 1 saturated carbocycles. The Balaban J connectivity index is 1.73. The third-order valence-corrected chi connectivity index (χ3v) is 3.82. The number of anilines is 1. The Morgan fingerprint density at radius 3 is 3.33 bits per heavy atom. The maximum absolute atomic E-state index is 6.17. The topological polar surface area (TPSA) is 69.4 Å². The Hall–Kier alpha value is -1.33. The predicted octanol–water partition coefficient (Wildman–Crippen LogP) is 1.01. The minimum absolute atomic E-state index is 0.145. The fourth-order valence-electron chi connectivity index (χ4n) is 2.86. The first kappa shape index (κ1) is 11.7. The average Bonchev–Trinajstić information content (AvgIpc) is 2.82. The van der Waals surface area contributed by atoms with Crippen molar-refractivity contribution in [3.63, 3.8) is 0 Å². The lowest BCUT2D eigenvalue weighted by Crippen LogP contribution is -2.65. The number of nitrogens with zero attached hydrogens (tertiary/aromatic N) is 1. The molecule has 5 nitrogen and oxygen atoms in total. The summed E-state index contributed by atoms with van der Waals surface area (Å²) in [6.45, 7) is 3.41. The summed E-state index contributed by atoms with van der Waals surface area (Å²) in [5.74, 6) is 2.03. The maximum atomic E-state index is 6.17. The molecular formula is C13H19N3O2. The van der Waals surface area contributed by atoms with Crippen LogP contribution in [0.25, 0.3) is 0 Å². The third-order valence-electron chi connectivity index (χ3n) is 3.82. The number of pyridine rings is 1. The number of hydrogen-bond acceptors (Lipinski definition) is 5. The van der Waals surface area contributed by atoms with Crippen LogP contribution in [0.1, 0.15) is 13.3 Å². The van der Waals surface area contributed by atoms with Crippen molar-refractivity contribution in [3.05, 3.63) is 18.3 Å². The van der Waals surface area contributed by atoms with Crippen LogP contribution in [-0.4, -0.2) is 36.4 Å². The molecule has 4 atom stereocenters. The quantitative estimate of drug-likeness (QED) is 0.833. The lowest BCUT2D eigenvalue weighted by molar-refractivity contribution is 0.00515. The van der Waals surface area contributed by atoms with Gasteiger partial charge in [-0.2, -0.15) is 0 Å². The Bertz CT molecular complexity index is 426. The summed E-state index contributed by atoms with van der Waals surface area (Å²) < 4.78 is 11.2. The fourth-order valence-corrected chi connectivity index (χ4v) is 2.86. The van der Waals surface area contributed by atoms with Crippen molar-refractivity contribution in [2.45, 2.75) is 31.5 Å². The number of nitrogens with one attached hydrogen (secondary N) is 1. The molecule has 0 spiro atoms. The van der Waals surface area contributed by atoms with Crippen LogP contribution in [0.3, 0.4) is 0 Å². The zero-order valence-electron chi connectivity index (χ0n) is 10.5. The number of aromatic nitrogens is 1. The minimum atomic E-state index is 0.145.